The van der Waals surface area contributed by atoms with Crippen LogP contribution in [0.2, 0.25) is 0 Å². The van der Waals surface area contributed by atoms with Crippen molar-refractivity contribution < 1.29 is 12.6 Å². The van der Waals surface area contributed by atoms with E-state index in [0.29, 0.717) is 12.2 Å². The summed E-state index contributed by atoms with van der Waals surface area (Å²) in [7, 11) is -3.56. The molecule has 5 heteroatoms. The van der Waals surface area contributed by atoms with Crippen molar-refractivity contribution in [2.75, 3.05) is 5.75 Å². The van der Waals surface area contributed by atoms with Gasteiger partial charge >= 0.3 is 10.1 Å². The van der Waals surface area contributed by atoms with E-state index in [1.54, 1.807) is 30.3 Å². The van der Waals surface area contributed by atoms with Crippen molar-refractivity contribution in [3.05, 3.63) is 30.3 Å². The molecule has 0 aliphatic carbocycles. The highest BCUT2D eigenvalue weighted by Crippen LogP contribution is 2.12. The highest BCUT2D eigenvalue weighted by Gasteiger charge is 2.11. The largest absolute Gasteiger partial charge is 0.382 e. The zero-order valence-electron chi connectivity index (χ0n) is 8.09. The minimum absolute atomic E-state index is 0.130. The first-order valence-electron chi connectivity index (χ1n) is 4.48. The molecule has 0 amide bonds. The Morgan fingerprint density at radius 3 is 2.53 bits per heavy atom. The van der Waals surface area contributed by atoms with Gasteiger partial charge in [-0.2, -0.15) is 13.7 Å². The number of hydrogen-bond acceptors (Lipinski definition) is 4. The van der Waals surface area contributed by atoms with Crippen LogP contribution in [0.4, 0.5) is 0 Å². The van der Waals surface area contributed by atoms with Crippen LogP contribution < -0.4 is 4.18 Å². The molecule has 80 valence electrons. The van der Waals surface area contributed by atoms with Crippen molar-refractivity contribution in [1.82, 2.24) is 0 Å². The first kappa shape index (κ1) is 11.5. The van der Waals surface area contributed by atoms with Gasteiger partial charge in [0.05, 0.1) is 11.8 Å². The van der Waals surface area contributed by atoms with Gasteiger partial charge in [-0.25, -0.2) is 0 Å². The number of hydrogen-bond donors (Lipinski definition) is 0. The highest BCUT2D eigenvalue weighted by molar-refractivity contribution is 7.87. The van der Waals surface area contributed by atoms with Gasteiger partial charge in [0.25, 0.3) is 0 Å². The van der Waals surface area contributed by atoms with Crippen LogP contribution in [0.5, 0.6) is 5.75 Å². The highest BCUT2D eigenvalue weighted by atomic mass is 32.2. The monoisotopic (exact) mass is 225 g/mol. The summed E-state index contributed by atoms with van der Waals surface area (Å²) in [4.78, 5) is 0. The molecule has 0 saturated carbocycles. The summed E-state index contributed by atoms with van der Waals surface area (Å²) in [6, 6.07) is 10.2. The van der Waals surface area contributed by atoms with E-state index in [1.807, 2.05) is 6.07 Å². The third-order valence-electron chi connectivity index (χ3n) is 1.65. The van der Waals surface area contributed by atoms with E-state index in [4.69, 9.17) is 9.44 Å². The maximum Gasteiger partial charge on any atom is 0.309 e. The van der Waals surface area contributed by atoms with E-state index in [9.17, 15) is 8.42 Å². The summed E-state index contributed by atoms with van der Waals surface area (Å²) in [5, 5.41) is 8.27. The Kier molecular flexibility index (Phi) is 4.13. The van der Waals surface area contributed by atoms with Crippen LogP contribution in [0.1, 0.15) is 12.8 Å². The molecule has 0 aromatic heterocycles. The van der Waals surface area contributed by atoms with Gasteiger partial charge in [0.15, 0.2) is 0 Å². The molecule has 0 radical (unpaired) electrons. The standard InChI is InChI=1S/C10H11NO3S/c11-8-4-5-9-15(12,13)14-10-6-2-1-3-7-10/h1-3,6-7H,4-5,9H2. The van der Waals surface area contributed by atoms with Crippen molar-refractivity contribution in [2.24, 2.45) is 0 Å². The Hall–Kier alpha value is -1.54. The number of para-hydroxylation sites is 1. The average molecular weight is 225 g/mol. The molecule has 0 atom stereocenters. The Morgan fingerprint density at radius 2 is 1.93 bits per heavy atom. The molecule has 4 nitrogen and oxygen atoms in total. The van der Waals surface area contributed by atoms with Crippen molar-refractivity contribution in [3.63, 3.8) is 0 Å². The van der Waals surface area contributed by atoms with Crippen molar-refractivity contribution in [2.45, 2.75) is 12.8 Å². The molecular weight excluding hydrogens is 214 g/mol. The molecule has 15 heavy (non-hydrogen) atoms. The molecular formula is C10H11NO3S. The molecule has 0 heterocycles. The predicted molar refractivity (Wildman–Crippen MR) is 55.7 cm³/mol. The summed E-state index contributed by atoms with van der Waals surface area (Å²) in [5.74, 6) is 0.171. The maximum absolute atomic E-state index is 11.3. The second-order valence-electron chi connectivity index (χ2n) is 2.92. The second kappa shape index (κ2) is 5.37. The van der Waals surface area contributed by atoms with Crippen LogP contribution in [0.15, 0.2) is 30.3 Å². The van der Waals surface area contributed by atoms with E-state index in [2.05, 4.69) is 0 Å². The molecule has 0 fully saturated rings. The average Bonchev–Trinajstić information content (AvgIpc) is 2.18. The van der Waals surface area contributed by atoms with Gasteiger partial charge in [0.1, 0.15) is 5.75 Å². The van der Waals surface area contributed by atoms with E-state index in [0.717, 1.165) is 0 Å². The normalized spacial score (nSPS) is 10.6. The van der Waals surface area contributed by atoms with Gasteiger partial charge in [0.2, 0.25) is 0 Å². The Labute approximate surface area is 89.2 Å². The quantitative estimate of drug-likeness (QED) is 0.565. The van der Waals surface area contributed by atoms with E-state index < -0.39 is 10.1 Å². The third kappa shape index (κ3) is 4.47. The van der Waals surface area contributed by atoms with Crippen LogP contribution in [-0.2, 0) is 10.1 Å². The molecule has 0 aliphatic rings. The lowest BCUT2D eigenvalue weighted by Crippen LogP contribution is -2.13. The molecule has 0 unspecified atom stereocenters. The second-order valence-corrected chi connectivity index (χ2v) is 4.61. The summed E-state index contributed by atoms with van der Waals surface area (Å²) in [6.07, 6.45) is 0.517. The van der Waals surface area contributed by atoms with Gasteiger partial charge in [-0.05, 0) is 18.6 Å². The fraction of sp³-hybridized carbons (Fsp3) is 0.300. The molecule has 1 aromatic rings. The van der Waals surface area contributed by atoms with Crippen molar-refractivity contribution in [1.29, 1.82) is 5.26 Å². The van der Waals surface area contributed by atoms with Gasteiger partial charge in [0, 0.05) is 6.42 Å². The fourth-order valence-electron chi connectivity index (χ4n) is 0.992. The van der Waals surface area contributed by atoms with E-state index in [-0.39, 0.29) is 12.2 Å². The smallest absolute Gasteiger partial charge is 0.309 e. The fourth-order valence-corrected chi connectivity index (χ4v) is 1.98. The molecule has 0 spiro atoms. The lowest BCUT2D eigenvalue weighted by Gasteiger charge is -2.04. The molecule has 0 N–H and O–H groups in total. The summed E-state index contributed by atoms with van der Waals surface area (Å²) >= 11 is 0. The number of rotatable bonds is 5. The number of benzene rings is 1. The Balaban J connectivity index is 2.54. The van der Waals surface area contributed by atoms with E-state index in [1.165, 1.54) is 0 Å². The zero-order valence-corrected chi connectivity index (χ0v) is 8.90. The van der Waals surface area contributed by atoms with Gasteiger partial charge in [-0.1, -0.05) is 18.2 Å². The number of unbranched alkanes of at least 4 members (excludes halogenated alkanes) is 1. The number of nitriles is 1. The molecule has 1 rings (SSSR count). The lowest BCUT2D eigenvalue weighted by atomic mass is 10.3. The van der Waals surface area contributed by atoms with Crippen LogP contribution in [0, 0.1) is 11.3 Å². The molecule has 1 aromatic carbocycles. The molecule has 0 bridgehead atoms. The molecule has 0 aliphatic heterocycles. The van der Waals surface area contributed by atoms with Crippen LogP contribution in [0.25, 0.3) is 0 Å². The van der Waals surface area contributed by atoms with Crippen LogP contribution in [-0.4, -0.2) is 14.2 Å². The minimum atomic E-state index is -3.56. The Morgan fingerprint density at radius 1 is 1.27 bits per heavy atom. The first-order valence-corrected chi connectivity index (χ1v) is 6.06. The zero-order chi connectivity index (χ0) is 11.1. The SMILES string of the molecule is N#CCCCS(=O)(=O)Oc1ccccc1. The molecule has 0 saturated heterocycles. The maximum atomic E-state index is 11.3. The van der Waals surface area contributed by atoms with E-state index >= 15 is 0 Å². The van der Waals surface area contributed by atoms with Gasteiger partial charge in [-0.3, -0.25) is 0 Å². The first-order chi connectivity index (χ1) is 7.14. The van der Waals surface area contributed by atoms with Gasteiger partial charge in [-0.15, -0.1) is 0 Å². The number of nitrogens with zero attached hydrogens (tertiary/aromatic N) is 1. The van der Waals surface area contributed by atoms with Gasteiger partial charge < -0.3 is 4.18 Å². The van der Waals surface area contributed by atoms with Crippen molar-refractivity contribution >= 4 is 10.1 Å². The summed E-state index contributed by atoms with van der Waals surface area (Å²) in [6.45, 7) is 0. The third-order valence-corrected chi connectivity index (χ3v) is 2.88. The van der Waals surface area contributed by atoms with Crippen molar-refractivity contribution in [3.8, 4) is 11.8 Å². The summed E-state index contributed by atoms with van der Waals surface area (Å²) in [5.41, 5.74) is 0. The minimum Gasteiger partial charge on any atom is -0.382 e. The topological polar surface area (TPSA) is 67.2 Å². The summed E-state index contributed by atoms with van der Waals surface area (Å²) < 4.78 is 27.5. The predicted octanol–water partition coefficient (Wildman–Crippen LogP) is 1.70. The van der Waals surface area contributed by atoms with Crippen LogP contribution in [0.3, 0.4) is 0 Å². The lowest BCUT2D eigenvalue weighted by molar-refractivity contribution is 0.484. The van der Waals surface area contributed by atoms with Crippen LogP contribution >= 0.6 is 0 Å². The Bertz CT molecular complexity index is 433.